The van der Waals surface area contributed by atoms with E-state index in [-0.39, 0.29) is 36.0 Å². The van der Waals surface area contributed by atoms with Crippen LogP contribution in [-0.4, -0.2) is 122 Å². The zero-order valence-corrected chi connectivity index (χ0v) is 35.8. The van der Waals surface area contributed by atoms with Crippen LogP contribution < -0.4 is 0 Å². The van der Waals surface area contributed by atoms with Crippen LogP contribution in [-0.2, 0) is 18.3 Å². The van der Waals surface area contributed by atoms with E-state index in [0.29, 0.717) is 0 Å². The van der Waals surface area contributed by atoms with E-state index >= 15 is 0 Å². The number of nitrogens with zero attached hydrogens (tertiary/aromatic N) is 2. The smallest absolute Gasteiger partial charge is 0.416 e. The van der Waals surface area contributed by atoms with Gasteiger partial charge in [0.25, 0.3) is 0 Å². The molecule has 2 rings (SSSR count). The molecule has 0 aromatic rings. The maximum atomic E-state index is 13.2. The van der Waals surface area contributed by atoms with Gasteiger partial charge in [-0.1, -0.05) is 41.5 Å². The lowest BCUT2D eigenvalue weighted by atomic mass is 10.1. The molecular formula is C34H64F6N2O8Si2. The van der Waals surface area contributed by atoms with Crippen molar-refractivity contribution < 1.29 is 64.5 Å². The van der Waals surface area contributed by atoms with E-state index in [1.807, 2.05) is 67.7 Å². The summed E-state index contributed by atoms with van der Waals surface area (Å²) in [5.74, 6) is 0. The van der Waals surface area contributed by atoms with Crippen LogP contribution >= 0.6 is 0 Å². The molecule has 52 heavy (non-hydrogen) atoms. The summed E-state index contributed by atoms with van der Waals surface area (Å²) in [6, 6.07) is -3.03. The quantitative estimate of drug-likeness (QED) is 0.203. The molecule has 2 N–H and O–H groups in total. The third-order valence-electron chi connectivity index (χ3n) is 9.87. The minimum atomic E-state index is -4.86. The summed E-state index contributed by atoms with van der Waals surface area (Å²) in [6.45, 7) is 29.5. The highest BCUT2D eigenvalue weighted by Crippen LogP contribution is 2.43. The van der Waals surface area contributed by atoms with Crippen molar-refractivity contribution in [3.05, 3.63) is 0 Å². The Kier molecular flexibility index (Phi) is 15.1. The first-order valence-electron chi connectivity index (χ1n) is 17.6. The molecule has 2 aliphatic rings. The molecule has 0 aliphatic carbocycles. The van der Waals surface area contributed by atoms with Gasteiger partial charge in [-0.2, -0.15) is 26.3 Å². The number of alkyl halides is 6. The zero-order valence-electron chi connectivity index (χ0n) is 33.8. The number of ether oxygens (including phenoxy) is 2. The summed E-state index contributed by atoms with van der Waals surface area (Å²) in [6.07, 6.45) is -18.2. The van der Waals surface area contributed by atoms with Gasteiger partial charge in [0.05, 0.1) is 24.3 Å². The van der Waals surface area contributed by atoms with Crippen molar-refractivity contribution in [3.8, 4) is 0 Å². The summed E-state index contributed by atoms with van der Waals surface area (Å²) in [5, 5.41) is 19.5. The molecule has 0 aromatic heterocycles. The third kappa shape index (κ3) is 13.3. The monoisotopic (exact) mass is 798 g/mol. The average Bonchev–Trinajstić information content (AvgIpc) is 3.47. The van der Waals surface area contributed by atoms with Crippen LogP contribution in [0.5, 0.6) is 0 Å². The van der Waals surface area contributed by atoms with Crippen molar-refractivity contribution in [2.45, 2.75) is 192 Å². The van der Waals surface area contributed by atoms with Crippen molar-refractivity contribution in [2.24, 2.45) is 0 Å². The largest absolute Gasteiger partial charge is 0.444 e. The molecule has 0 radical (unpaired) electrons. The lowest BCUT2D eigenvalue weighted by Crippen LogP contribution is -2.56. The topological polar surface area (TPSA) is 118 Å². The molecule has 0 spiro atoms. The number of carbonyl (C=O) groups is 2. The normalized spacial score (nSPS) is 23.9. The van der Waals surface area contributed by atoms with Gasteiger partial charge in [0, 0.05) is 13.1 Å². The summed E-state index contributed by atoms with van der Waals surface area (Å²) in [7, 11) is -4.77. The molecule has 308 valence electrons. The third-order valence-corrected chi connectivity index (χ3v) is 18.9. The average molecular weight is 799 g/mol. The lowest BCUT2D eigenvalue weighted by molar-refractivity contribution is -0.223. The second-order valence-corrected chi connectivity index (χ2v) is 28.2. The summed E-state index contributed by atoms with van der Waals surface area (Å²) in [5.41, 5.74) is -1.69. The Morgan fingerprint density at radius 2 is 0.827 bits per heavy atom. The van der Waals surface area contributed by atoms with Gasteiger partial charge in [0.2, 0.25) is 0 Å². The zero-order chi connectivity index (χ0) is 41.4. The highest BCUT2D eigenvalue weighted by Gasteiger charge is 2.57. The fourth-order valence-corrected chi connectivity index (χ4v) is 7.88. The predicted molar refractivity (Wildman–Crippen MR) is 191 cm³/mol. The van der Waals surface area contributed by atoms with Crippen molar-refractivity contribution in [2.75, 3.05) is 13.1 Å². The predicted octanol–water partition coefficient (Wildman–Crippen LogP) is 8.62. The van der Waals surface area contributed by atoms with Crippen LogP contribution in [0.2, 0.25) is 36.3 Å². The van der Waals surface area contributed by atoms with Crippen LogP contribution in [0.4, 0.5) is 35.9 Å². The minimum Gasteiger partial charge on any atom is -0.444 e. The second kappa shape index (κ2) is 16.2. The van der Waals surface area contributed by atoms with Crippen LogP contribution in [0, 0.1) is 0 Å². The molecule has 18 heteroatoms. The first kappa shape index (κ1) is 48.4. The standard InChI is InChI=1S/2C17H32F3NO4Si/c2*1-15(2,3)24-14(23)21-10-9-11(12(21)13(22)17(18,19)20)25-26(7,8)16(4,5)6/h2*11-13,22H,9-10H2,1-8H3/t11-,12+,13+;11-,12+,13-/m11/s1. The number of hydrogen-bond acceptors (Lipinski definition) is 8. The molecule has 0 aromatic carbocycles. The van der Waals surface area contributed by atoms with Gasteiger partial charge >= 0.3 is 24.5 Å². The Labute approximate surface area is 308 Å². The van der Waals surface area contributed by atoms with Gasteiger partial charge in [-0.3, -0.25) is 9.80 Å². The molecule has 2 fully saturated rings. The van der Waals surface area contributed by atoms with E-state index in [1.54, 1.807) is 41.5 Å². The SMILES string of the molecule is CC(C)(C)OC(=O)N1CC[C@@H](O[Si](C)(C)C(C)(C)C)[C@H]1[C@@H](O)C(F)(F)F.CC(C)(C)OC(=O)N1CC[C@@H](O[Si](C)(C)C(C)(C)C)[C@H]1[C@H](O)C(F)(F)F. The van der Waals surface area contributed by atoms with Crippen LogP contribution in [0.1, 0.15) is 95.9 Å². The molecule has 10 nitrogen and oxygen atoms in total. The van der Waals surface area contributed by atoms with Gasteiger partial charge < -0.3 is 28.5 Å². The molecule has 0 bridgehead atoms. The molecule has 2 aliphatic heterocycles. The molecule has 6 atom stereocenters. The number of halogens is 6. The van der Waals surface area contributed by atoms with Gasteiger partial charge in [-0.25, -0.2) is 9.59 Å². The molecule has 2 saturated heterocycles. The van der Waals surface area contributed by atoms with Crippen molar-refractivity contribution in [1.82, 2.24) is 9.80 Å². The second-order valence-electron chi connectivity index (χ2n) is 18.7. The number of amides is 2. The van der Waals surface area contributed by atoms with Gasteiger partial charge in [0.15, 0.2) is 28.8 Å². The fraction of sp³-hybridized carbons (Fsp3) is 0.941. The number of rotatable bonds is 6. The maximum absolute atomic E-state index is 13.2. The number of aliphatic hydroxyl groups is 2. The number of aliphatic hydroxyl groups excluding tert-OH is 2. The van der Waals surface area contributed by atoms with Crippen LogP contribution in [0.25, 0.3) is 0 Å². The Balaban J connectivity index is 0.000000520. The van der Waals surface area contributed by atoms with Crippen molar-refractivity contribution in [3.63, 3.8) is 0 Å². The molecule has 2 amide bonds. The van der Waals surface area contributed by atoms with E-state index < -0.39 is 88.9 Å². The van der Waals surface area contributed by atoms with Gasteiger partial charge in [-0.05, 0) is 90.6 Å². The minimum absolute atomic E-state index is 0.0476. The highest BCUT2D eigenvalue weighted by atomic mass is 28.4. The molecular weight excluding hydrogens is 735 g/mol. The maximum Gasteiger partial charge on any atom is 0.416 e. The van der Waals surface area contributed by atoms with Gasteiger partial charge in [-0.15, -0.1) is 0 Å². The number of likely N-dealkylation sites (tertiary alicyclic amines) is 2. The highest BCUT2D eigenvalue weighted by molar-refractivity contribution is 6.74. The Bertz CT molecular complexity index is 1120. The number of carbonyl (C=O) groups excluding carboxylic acids is 2. The first-order chi connectivity index (χ1) is 22.7. The van der Waals surface area contributed by atoms with Gasteiger partial charge in [0.1, 0.15) is 11.2 Å². The molecule has 0 saturated carbocycles. The lowest BCUT2D eigenvalue weighted by Gasteiger charge is -2.41. The molecule has 0 unspecified atom stereocenters. The van der Waals surface area contributed by atoms with E-state index in [9.17, 15) is 46.1 Å². The Hall–Kier alpha value is -1.61. The Morgan fingerprint density at radius 3 is 1.02 bits per heavy atom. The summed E-state index contributed by atoms with van der Waals surface area (Å²) >= 11 is 0. The van der Waals surface area contributed by atoms with E-state index in [4.69, 9.17) is 18.3 Å². The van der Waals surface area contributed by atoms with Crippen molar-refractivity contribution >= 4 is 28.8 Å². The van der Waals surface area contributed by atoms with Crippen LogP contribution in [0.3, 0.4) is 0 Å². The first-order valence-corrected chi connectivity index (χ1v) is 23.4. The Morgan fingerprint density at radius 1 is 0.577 bits per heavy atom. The fourth-order valence-electron chi connectivity index (χ4n) is 5.14. The van der Waals surface area contributed by atoms with Crippen LogP contribution in [0.15, 0.2) is 0 Å². The summed E-state index contributed by atoms with van der Waals surface area (Å²) < 4.78 is 102. The van der Waals surface area contributed by atoms with E-state index in [0.717, 1.165) is 9.80 Å². The summed E-state index contributed by atoms with van der Waals surface area (Å²) in [4.78, 5) is 26.7. The number of hydrogen-bond donors (Lipinski definition) is 2. The van der Waals surface area contributed by atoms with E-state index in [1.165, 1.54) is 0 Å². The van der Waals surface area contributed by atoms with E-state index in [2.05, 4.69) is 0 Å². The van der Waals surface area contributed by atoms with Crippen molar-refractivity contribution in [1.29, 1.82) is 0 Å². The molecule has 2 heterocycles.